The first-order chi connectivity index (χ1) is 9.19. The van der Waals surface area contributed by atoms with Gasteiger partial charge in [0.1, 0.15) is 5.75 Å². The number of hydrogen-bond acceptors (Lipinski definition) is 4. The summed E-state index contributed by atoms with van der Waals surface area (Å²) in [6, 6.07) is 8.30. The molecule has 0 amide bonds. The van der Waals surface area contributed by atoms with Crippen molar-refractivity contribution in [2.24, 2.45) is 0 Å². The Labute approximate surface area is 118 Å². The summed E-state index contributed by atoms with van der Waals surface area (Å²) in [4.78, 5) is 7.92. The second-order valence-corrected chi connectivity index (χ2v) is 5.55. The summed E-state index contributed by atoms with van der Waals surface area (Å²) in [6.07, 6.45) is 0. The molecule has 0 aliphatic heterocycles. The summed E-state index contributed by atoms with van der Waals surface area (Å²) < 4.78 is 5.53. The van der Waals surface area contributed by atoms with Crippen LogP contribution in [0.3, 0.4) is 0 Å². The highest BCUT2D eigenvalue weighted by Crippen LogP contribution is 2.18. The maximum absolute atomic E-state index is 5.53. The molecule has 0 fully saturated rings. The van der Waals surface area contributed by atoms with Gasteiger partial charge in [-0.05, 0) is 38.6 Å². The van der Waals surface area contributed by atoms with E-state index in [-0.39, 0.29) is 0 Å². The van der Waals surface area contributed by atoms with Gasteiger partial charge in [0.05, 0.1) is 17.8 Å². The molecule has 0 saturated heterocycles. The van der Waals surface area contributed by atoms with E-state index in [2.05, 4.69) is 36.0 Å². The van der Waals surface area contributed by atoms with Crippen LogP contribution in [-0.2, 0) is 13.1 Å². The molecular formula is C15H20N2OS. The first kappa shape index (κ1) is 14.0. The second-order valence-electron chi connectivity index (χ2n) is 4.61. The number of ether oxygens (including phenoxy) is 1. The van der Waals surface area contributed by atoms with Crippen molar-refractivity contribution in [3.63, 3.8) is 0 Å². The molecular weight excluding hydrogens is 256 g/mol. The van der Waals surface area contributed by atoms with Gasteiger partial charge in [-0.15, -0.1) is 11.3 Å². The molecule has 0 radical (unpaired) electrons. The Morgan fingerprint density at radius 3 is 2.84 bits per heavy atom. The molecule has 3 nitrogen and oxygen atoms in total. The molecule has 2 aromatic rings. The first-order valence-electron chi connectivity index (χ1n) is 6.48. The topological polar surface area (TPSA) is 25.4 Å². The lowest BCUT2D eigenvalue weighted by molar-refractivity contribution is 0.317. The number of nitrogens with zero attached hydrogens (tertiary/aromatic N) is 2. The molecule has 0 N–H and O–H groups in total. The van der Waals surface area contributed by atoms with Gasteiger partial charge in [0.2, 0.25) is 0 Å². The maximum atomic E-state index is 5.53. The van der Waals surface area contributed by atoms with Crippen molar-refractivity contribution in [3.8, 4) is 5.75 Å². The van der Waals surface area contributed by atoms with Gasteiger partial charge >= 0.3 is 0 Å². The lowest BCUT2D eigenvalue weighted by Gasteiger charge is -2.16. The Kier molecular flexibility index (Phi) is 4.93. The summed E-state index contributed by atoms with van der Waals surface area (Å²) in [6.45, 7) is 6.63. The van der Waals surface area contributed by atoms with Crippen molar-refractivity contribution < 1.29 is 4.74 Å². The van der Waals surface area contributed by atoms with Crippen LogP contribution in [0.1, 0.15) is 23.1 Å². The number of benzene rings is 1. The summed E-state index contributed by atoms with van der Waals surface area (Å²) in [5, 5.41) is 0. The summed E-state index contributed by atoms with van der Waals surface area (Å²) in [7, 11) is 2.13. The molecule has 0 saturated carbocycles. The Morgan fingerprint density at radius 2 is 2.16 bits per heavy atom. The number of hydrogen-bond donors (Lipinski definition) is 0. The molecule has 1 aromatic heterocycles. The van der Waals surface area contributed by atoms with Gasteiger partial charge in [0, 0.05) is 18.0 Å². The lowest BCUT2D eigenvalue weighted by atomic mass is 10.2. The van der Waals surface area contributed by atoms with Crippen LogP contribution in [-0.4, -0.2) is 23.5 Å². The zero-order valence-corrected chi connectivity index (χ0v) is 12.5. The largest absolute Gasteiger partial charge is 0.494 e. The van der Waals surface area contributed by atoms with Crippen molar-refractivity contribution in [2.75, 3.05) is 13.7 Å². The molecule has 1 heterocycles. The van der Waals surface area contributed by atoms with E-state index < -0.39 is 0 Å². The molecule has 0 spiro atoms. The standard InChI is InChI=1S/C15H20N2OS/c1-4-18-14-7-5-6-13(8-14)9-17(3)10-15-12(2)16-11-19-15/h5-8,11H,4,9-10H2,1-3H3. The Bertz CT molecular complexity index is 524. The fourth-order valence-corrected chi connectivity index (χ4v) is 2.85. The summed E-state index contributed by atoms with van der Waals surface area (Å²) in [5.41, 5.74) is 4.32. The fraction of sp³-hybridized carbons (Fsp3) is 0.400. The average molecular weight is 276 g/mol. The van der Waals surface area contributed by atoms with Crippen molar-refractivity contribution in [1.82, 2.24) is 9.88 Å². The molecule has 0 atom stereocenters. The van der Waals surface area contributed by atoms with Crippen LogP contribution in [0.5, 0.6) is 5.75 Å². The maximum Gasteiger partial charge on any atom is 0.119 e. The monoisotopic (exact) mass is 276 g/mol. The van der Waals surface area contributed by atoms with E-state index in [9.17, 15) is 0 Å². The Hall–Kier alpha value is -1.39. The minimum atomic E-state index is 0.708. The van der Waals surface area contributed by atoms with E-state index in [0.29, 0.717) is 6.61 Å². The van der Waals surface area contributed by atoms with Gasteiger partial charge in [-0.2, -0.15) is 0 Å². The number of aryl methyl sites for hydroxylation is 1. The molecule has 4 heteroatoms. The molecule has 102 valence electrons. The van der Waals surface area contributed by atoms with Crippen LogP contribution < -0.4 is 4.74 Å². The van der Waals surface area contributed by atoms with Gasteiger partial charge < -0.3 is 4.74 Å². The van der Waals surface area contributed by atoms with Crippen LogP contribution in [0.4, 0.5) is 0 Å². The molecule has 0 bridgehead atoms. The smallest absolute Gasteiger partial charge is 0.119 e. The Morgan fingerprint density at radius 1 is 1.32 bits per heavy atom. The lowest BCUT2D eigenvalue weighted by Crippen LogP contribution is -2.17. The molecule has 1 aromatic carbocycles. The normalized spacial score (nSPS) is 10.9. The van der Waals surface area contributed by atoms with Crippen molar-refractivity contribution in [2.45, 2.75) is 26.9 Å². The van der Waals surface area contributed by atoms with Gasteiger partial charge in [-0.1, -0.05) is 12.1 Å². The number of rotatable bonds is 6. The quantitative estimate of drug-likeness (QED) is 0.807. The number of thiazole rings is 1. The van der Waals surface area contributed by atoms with Crippen LogP contribution >= 0.6 is 11.3 Å². The van der Waals surface area contributed by atoms with Crippen LogP contribution in [0.2, 0.25) is 0 Å². The van der Waals surface area contributed by atoms with Crippen molar-refractivity contribution in [1.29, 1.82) is 0 Å². The van der Waals surface area contributed by atoms with E-state index in [4.69, 9.17) is 4.74 Å². The Balaban J connectivity index is 1.96. The van der Waals surface area contributed by atoms with Crippen molar-refractivity contribution >= 4 is 11.3 Å². The van der Waals surface area contributed by atoms with Gasteiger partial charge in [0.25, 0.3) is 0 Å². The molecule has 2 rings (SSSR count). The fourth-order valence-electron chi connectivity index (χ4n) is 1.99. The predicted octanol–water partition coefficient (Wildman–Crippen LogP) is 3.48. The third-order valence-electron chi connectivity index (χ3n) is 2.92. The average Bonchev–Trinajstić information content (AvgIpc) is 2.76. The number of aromatic nitrogens is 1. The van der Waals surface area contributed by atoms with E-state index >= 15 is 0 Å². The third kappa shape index (κ3) is 4.04. The highest BCUT2D eigenvalue weighted by Gasteiger charge is 2.06. The van der Waals surface area contributed by atoms with Gasteiger partial charge in [0.15, 0.2) is 0 Å². The predicted molar refractivity (Wildman–Crippen MR) is 79.6 cm³/mol. The first-order valence-corrected chi connectivity index (χ1v) is 7.36. The van der Waals surface area contributed by atoms with E-state index in [0.717, 1.165) is 24.5 Å². The molecule has 0 unspecified atom stereocenters. The molecule has 0 aliphatic carbocycles. The van der Waals surface area contributed by atoms with E-state index in [1.807, 2.05) is 24.6 Å². The molecule has 19 heavy (non-hydrogen) atoms. The third-order valence-corrected chi connectivity index (χ3v) is 3.84. The van der Waals surface area contributed by atoms with E-state index in [1.165, 1.54) is 10.4 Å². The van der Waals surface area contributed by atoms with Gasteiger partial charge in [-0.25, -0.2) is 4.98 Å². The van der Waals surface area contributed by atoms with Crippen molar-refractivity contribution in [3.05, 3.63) is 45.9 Å². The minimum absolute atomic E-state index is 0.708. The highest BCUT2D eigenvalue weighted by atomic mass is 32.1. The minimum Gasteiger partial charge on any atom is -0.494 e. The second kappa shape index (κ2) is 6.68. The van der Waals surface area contributed by atoms with Crippen LogP contribution in [0, 0.1) is 6.92 Å². The highest BCUT2D eigenvalue weighted by molar-refractivity contribution is 7.09. The van der Waals surface area contributed by atoms with Crippen LogP contribution in [0.25, 0.3) is 0 Å². The summed E-state index contributed by atoms with van der Waals surface area (Å²) >= 11 is 1.72. The van der Waals surface area contributed by atoms with Gasteiger partial charge in [-0.3, -0.25) is 4.90 Å². The summed E-state index contributed by atoms with van der Waals surface area (Å²) in [5.74, 6) is 0.947. The van der Waals surface area contributed by atoms with Crippen LogP contribution in [0.15, 0.2) is 29.8 Å². The SMILES string of the molecule is CCOc1cccc(CN(C)Cc2scnc2C)c1. The van der Waals surface area contributed by atoms with E-state index in [1.54, 1.807) is 11.3 Å². The molecule has 0 aliphatic rings. The zero-order valence-electron chi connectivity index (χ0n) is 11.7. The zero-order chi connectivity index (χ0) is 13.7.